The van der Waals surface area contributed by atoms with Gasteiger partial charge in [-0.25, -0.2) is 9.97 Å². The highest BCUT2D eigenvalue weighted by molar-refractivity contribution is 7.98. The lowest BCUT2D eigenvalue weighted by Gasteiger charge is -2.07. The van der Waals surface area contributed by atoms with Gasteiger partial charge in [0.05, 0.1) is 11.9 Å². The number of imidazole rings is 1. The van der Waals surface area contributed by atoms with E-state index in [4.69, 9.17) is 10.5 Å². The number of anilines is 1. The molecule has 2 heterocycles. The average molecular weight is 404 g/mol. The van der Waals surface area contributed by atoms with Gasteiger partial charge in [0.2, 0.25) is 5.88 Å². The SMILES string of the molecule is CSc1nc(N)cc(Oc2ccc(-c3cnc(Cc4cccc(C)c4)[nH]3)cc2)n1. The van der Waals surface area contributed by atoms with Crippen LogP contribution in [-0.4, -0.2) is 26.2 Å². The molecular weight excluding hydrogens is 382 g/mol. The Bertz CT molecular complexity index is 1120. The first-order valence-electron chi connectivity index (χ1n) is 9.15. The van der Waals surface area contributed by atoms with Gasteiger partial charge in [-0.05, 0) is 48.6 Å². The van der Waals surface area contributed by atoms with Crippen molar-refractivity contribution in [3.05, 3.63) is 77.7 Å². The minimum atomic E-state index is 0.384. The molecule has 146 valence electrons. The van der Waals surface area contributed by atoms with Crippen molar-refractivity contribution in [2.45, 2.75) is 18.5 Å². The Morgan fingerprint density at radius 1 is 1.07 bits per heavy atom. The molecule has 0 fully saturated rings. The third-order valence-electron chi connectivity index (χ3n) is 4.35. The first-order valence-corrected chi connectivity index (χ1v) is 10.4. The molecule has 0 radical (unpaired) electrons. The van der Waals surface area contributed by atoms with Crippen LogP contribution in [-0.2, 0) is 6.42 Å². The molecule has 0 aliphatic carbocycles. The van der Waals surface area contributed by atoms with Crippen molar-refractivity contribution in [2.24, 2.45) is 0 Å². The minimum absolute atomic E-state index is 0.384. The third-order valence-corrected chi connectivity index (χ3v) is 4.90. The molecule has 0 saturated heterocycles. The number of nitrogens with one attached hydrogen (secondary N) is 1. The van der Waals surface area contributed by atoms with Crippen molar-refractivity contribution >= 4 is 17.6 Å². The number of nitrogen functional groups attached to an aromatic ring is 1. The number of hydrogen-bond donors (Lipinski definition) is 2. The zero-order chi connectivity index (χ0) is 20.2. The standard InChI is InChI=1S/C22H21N5OS/c1-14-4-3-5-15(10-14)11-20-24-13-18(25-20)16-6-8-17(9-7-16)28-21-12-19(23)26-22(27-21)29-2/h3-10,12-13H,11H2,1-2H3,(H,24,25)(H2,23,26,27). The van der Waals surface area contributed by atoms with Crippen LogP contribution in [0.1, 0.15) is 17.0 Å². The number of hydrogen-bond acceptors (Lipinski definition) is 6. The minimum Gasteiger partial charge on any atom is -0.439 e. The van der Waals surface area contributed by atoms with E-state index in [1.807, 2.05) is 36.7 Å². The van der Waals surface area contributed by atoms with Gasteiger partial charge in [-0.3, -0.25) is 0 Å². The van der Waals surface area contributed by atoms with Crippen molar-refractivity contribution in [2.75, 3.05) is 12.0 Å². The van der Waals surface area contributed by atoms with Crippen LogP contribution in [0.5, 0.6) is 11.6 Å². The predicted octanol–water partition coefficient (Wildman–Crippen LogP) is 4.86. The molecule has 0 saturated carbocycles. The molecule has 0 aliphatic rings. The Morgan fingerprint density at radius 2 is 1.90 bits per heavy atom. The Hall–Kier alpha value is -3.32. The van der Waals surface area contributed by atoms with Crippen LogP contribution in [0.15, 0.2) is 66.0 Å². The van der Waals surface area contributed by atoms with E-state index < -0.39 is 0 Å². The molecule has 7 heteroatoms. The second kappa shape index (κ2) is 8.36. The van der Waals surface area contributed by atoms with Gasteiger partial charge in [-0.1, -0.05) is 41.6 Å². The summed E-state index contributed by atoms with van der Waals surface area (Å²) in [6.07, 6.45) is 4.53. The molecule has 0 bridgehead atoms. The summed E-state index contributed by atoms with van der Waals surface area (Å²) in [7, 11) is 0. The topological polar surface area (TPSA) is 89.7 Å². The number of benzene rings is 2. The van der Waals surface area contributed by atoms with Crippen LogP contribution in [0.3, 0.4) is 0 Å². The van der Waals surface area contributed by atoms with Crippen LogP contribution in [0.25, 0.3) is 11.3 Å². The van der Waals surface area contributed by atoms with E-state index in [9.17, 15) is 0 Å². The van der Waals surface area contributed by atoms with Crippen LogP contribution in [0, 0.1) is 6.92 Å². The Kier molecular flexibility index (Phi) is 5.48. The molecule has 4 rings (SSSR count). The van der Waals surface area contributed by atoms with Crippen LogP contribution >= 0.6 is 11.8 Å². The van der Waals surface area contributed by atoms with Gasteiger partial charge in [0, 0.05) is 12.5 Å². The molecule has 0 aliphatic heterocycles. The van der Waals surface area contributed by atoms with Crippen LogP contribution in [0.2, 0.25) is 0 Å². The molecule has 2 aromatic carbocycles. The number of nitrogens with two attached hydrogens (primary N) is 1. The second-order valence-corrected chi connectivity index (χ2v) is 7.43. The highest BCUT2D eigenvalue weighted by Crippen LogP contribution is 2.26. The first-order chi connectivity index (χ1) is 14.1. The Morgan fingerprint density at radius 3 is 2.66 bits per heavy atom. The number of thioether (sulfide) groups is 1. The normalized spacial score (nSPS) is 10.8. The molecule has 0 atom stereocenters. The second-order valence-electron chi connectivity index (χ2n) is 6.65. The monoisotopic (exact) mass is 403 g/mol. The molecule has 0 spiro atoms. The fourth-order valence-corrected chi connectivity index (χ4v) is 3.38. The zero-order valence-electron chi connectivity index (χ0n) is 16.2. The fraction of sp³-hybridized carbons (Fsp3) is 0.136. The van der Waals surface area contributed by atoms with Crippen molar-refractivity contribution in [1.82, 2.24) is 19.9 Å². The van der Waals surface area contributed by atoms with Gasteiger partial charge >= 0.3 is 0 Å². The van der Waals surface area contributed by atoms with E-state index in [1.165, 1.54) is 22.9 Å². The molecule has 0 unspecified atom stereocenters. The zero-order valence-corrected chi connectivity index (χ0v) is 17.0. The van der Waals surface area contributed by atoms with Crippen LogP contribution < -0.4 is 10.5 Å². The fourth-order valence-electron chi connectivity index (χ4n) is 3.00. The number of aromatic amines is 1. The maximum atomic E-state index is 5.82. The number of aryl methyl sites for hydroxylation is 1. The van der Waals surface area contributed by atoms with Crippen molar-refractivity contribution < 1.29 is 4.74 Å². The molecule has 29 heavy (non-hydrogen) atoms. The summed E-state index contributed by atoms with van der Waals surface area (Å²) in [5, 5.41) is 0.579. The summed E-state index contributed by atoms with van der Waals surface area (Å²) in [5.41, 5.74) is 10.3. The lowest BCUT2D eigenvalue weighted by molar-refractivity contribution is 0.456. The van der Waals surface area contributed by atoms with Gasteiger partial charge in [-0.2, -0.15) is 4.98 Å². The van der Waals surface area contributed by atoms with Gasteiger partial charge in [-0.15, -0.1) is 0 Å². The Balaban J connectivity index is 1.47. The molecule has 6 nitrogen and oxygen atoms in total. The lowest BCUT2D eigenvalue weighted by Crippen LogP contribution is -1.97. The summed E-state index contributed by atoms with van der Waals surface area (Å²) < 4.78 is 5.82. The van der Waals surface area contributed by atoms with Gasteiger partial charge in [0.1, 0.15) is 17.4 Å². The predicted molar refractivity (Wildman–Crippen MR) is 116 cm³/mol. The van der Waals surface area contributed by atoms with Crippen molar-refractivity contribution in [3.63, 3.8) is 0 Å². The Labute approximate surface area is 173 Å². The quantitative estimate of drug-likeness (QED) is 0.353. The highest BCUT2D eigenvalue weighted by atomic mass is 32.2. The van der Waals surface area contributed by atoms with Gasteiger partial charge in [0.25, 0.3) is 0 Å². The summed E-state index contributed by atoms with van der Waals surface area (Å²) in [4.78, 5) is 16.3. The van der Waals surface area contributed by atoms with E-state index in [-0.39, 0.29) is 0 Å². The van der Waals surface area contributed by atoms with Gasteiger partial charge in [0.15, 0.2) is 5.16 Å². The maximum Gasteiger partial charge on any atom is 0.225 e. The van der Waals surface area contributed by atoms with E-state index >= 15 is 0 Å². The molecule has 2 aromatic heterocycles. The average Bonchev–Trinajstić information content (AvgIpc) is 3.16. The summed E-state index contributed by atoms with van der Waals surface area (Å²) in [5.74, 6) is 2.43. The van der Waals surface area contributed by atoms with E-state index in [0.29, 0.717) is 22.6 Å². The molecule has 3 N–H and O–H groups in total. The highest BCUT2D eigenvalue weighted by Gasteiger charge is 2.07. The van der Waals surface area contributed by atoms with Crippen molar-refractivity contribution in [1.29, 1.82) is 0 Å². The third kappa shape index (κ3) is 4.75. The summed E-state index contributed by atoms with van der Waals surface area (Å²) >= 11 is 1.42. The maximum absolute atomic E-state index is 5.82. The lowest BCUT2D eigenvalue weighted by atomic mass is 10.1. The first kappa shape index (κ1) is 19.0. The van der Waals surface area contributed by atoms with Gasteiger partial charge < -0.3 is 15.5 Å². The molecule has 4 aromatic rings. The summed E-state index contributed by atoms with van der Waals surface area (Å²) in [6, 6.07) is 17.8. The smallest absolute Gasteiger partial charge is 0.225 e. The number of H-pyrrole nitrogens is 1. The summed E-state index contributed by atoms with van der Waals surface area (Å²) in [6.45, 7) is 2.10. The number of nitrogens with zero attached hydrogens (tertiary/aromatic N) is 3. The largest absolute Gasteiger partial charge is 0.439 e. The number of ether oxygens (including phenoxy) is 1. The van der Waals surface area contributed by atoms with E-state index in [0.717, 1.165) is 23.5 Å². The molecule has 0 amide bonds. The number of aromatic nitrogens is 4. The van der Waals surface area contributed by atoms with Crippen molar-refractivity contribution in [3.8, 4) is 22.9 Å². The van der Waals surface area contributed by atoms with E-state index in [2.05, 4.69) is 51.1 Å². The van der Waals surface area contributed by atoms with E-state index in [1.54, 1.807) is 6.07 Å². The molecular formula is C22H21N5OS. The number of rotatable bonds is 6. The van der Waals surface area contributed by atoms with Crippen LogP contribution in [0.4, 0.5) is 5.82 Å².